The Kier molecular flexibility index (Phi) is 5.06. The first-order valence-electron chi connectivity index (χ1n) is 8.98. The molecule has 10 heteroatoms. The number of nitrogens with zero attached hydrogens (tertiary/aromatic N) is 3. The topological polar surface area (TPSA) is 101 Å². The zero-order valence-electron chi connectivity index (χ0n) is 15.5. The van der Waals surface area contributed by atoms with Crippen molar-refractivity contribution in [3.8, 4) is 11.4 Å². The number of nitrogens with one attached hydrogen (secondary N) is 2. The average Bonchev–Trinajstić information content (AvgIpc) is 2.69. The van der Waals surface area contributed by atoms with Crippen molar-refractivity contribution in [1.82, 2.24) is 20.2 Å². The number of ether oxygens (including phenoxy) is 1. The summed E-state index contributed by atoms with van der Waals surface area (Å²) >= 11 is 12.8. The summed E-state index contributed by atoms with van der Waals surface area (Å²) in [6.45, 7) is 5.49. The summed E-state index contributed by atoms with van der Waals surface area (Å²) in [6.07, 6.45) is 3.86. The van der Waals surface area contributed by atoms with Crippen molar-refractivity contribution in [3.05, 3.63) is 72.1 Å². The van der Waals surface area contributed by atoms with Gasteiger partial charge in [0.15, 0.2) is 5.75 Å². The van der Waals surface area contributed by atoms with Crippen LogP contribution in [0.4, 0.5) is 0 Å². The number of halogens is 2. The molecule has 4 rings (SSSR count). The van der Waals surface area contributed by atoms with Gasteiger partial charge in [-0.2, -0.15) is 9.78 Å². The van der Waals surface area contributed by atoms with Crippen LogP contribution in [0.5, 0.6) is 5.75 Å². The van der Waals surface area contributed by atoms with Gasteiger partial charge in [-0.15, -0.1) is 5.10 Å². The standard InChI is InChI=1S/C19H17Cl2N5O3/c1-9-12-5-3-4-6-13(12)18(24-23-9)29-16-14(20)7-11(8-15(16)21)26-19(28)22-17(27)10(2)25-26/h7-8,23H,1,3-6H2,2H3,(H,22,27,28). The van der Waals surface area contributed by atoms with Crippen molar-refractivity contribution in [1.29, 1.82) is 0 Å². The highest BCUT2D eigenvalue weighted by Crippen LogP contribution is 2.38. The van der Waals surface area contributed by atoms with Gasteiger partial charge < -0.3 is 4.74 Å². The molecule has 0 saturated heterocycles. The minimum Gasteiger partial charge on any atom is -0.434 e. The molecule has 150 valence electrons. The van der Waals surface area contributed by atoms with Crippen LogP contribution in [-0.4, -0.2) is 20.7 Å². The Morgan fingerprint density at radius 3 is 2.48 bits per heavy atom. The number of hydrogen-bond donors (Lipinski definition) is 2. The Balaban J connectivity index is 1.71. The van der Waals surface area contributed by atoms with Crippen LogP contribution in [0.1, 0.15) is 31.4 Å². The highest BCUT2D eigenvalue weighted by atomic mass is 35.5. The highest BCUT2D eigenvalue weighted by Gasteiger charge is 2.26. The van der Waals surface area contributed by atoms with Crippen molar-refractivity contribution in [2.45, 2.75) is 32.6 Å². The molecule has 2 aromatic rings. The maximum absolute atomic E-state index is 12.1. The summed E-state index contributed by atoms with van der Waals surface area (Å²) < 4.78 is 6.98. The maximum Gasteiger partial charge on any atom is 0.349 e. The quantitative estimate of drug-likeness (QED) is 0.756. The average molecular weight is 434 g/mol. The first-order valence-corrected chi connectivity index (χ1v) is 9.73. The molecule has 1 aliphatic heterocycles. The summed E-state index contributed by atoms with van der Waals surface area (Å²) in [5.74, 6) is 0.621. The molecule has 2 aliphatic rings. The van der Waals surface area contributed by atoms with E-state index in [1.54, 1.807) is 0 Å². The van der Waals surface area contributed by atoms with Crippen LogP contribution in [0, 0.1) is 6.92 Å². The van der Waals surface area contributed by atoms with E-state index in [4.69, 9.17) is 27.9 Å². The lowest BCUT2D eigenvalue weighted by atomic mass is 9.89. The Morgan fingerprint density at radius 1 is 1.14 bits per heavy atom. The predicted octanol–water partition coefficient (Wildman–Crippen LogP) is 3.22. The minimum atomic E-state index is -0.697. The summed E-state index contributed by atoms with van der Waals surface area (Å²) in [6, 6.07) is 2.97. The van der Waals surface area contributed by atoms with E-state index in [0.29, 0.717) is 11.6 Å². The summed E-state index contributed by atoms with van der Waals surface area (Å²) in [7, 11) is 0. The molecular formula is C19H17Cl2N5O3. The Bertz CT molecular complexity index is 1190. The molecule has 8 nitrogen and oxygen atoms in total. The Morgan fingerprint density at radius 2 is 1.79 bits per heavy atom. The molecule has 0 unspecified atom stereocenters. The molecule has 1 aromatic carbocycles. The zero-order chi connectivity index (χ0) is 20.7. The number of hydrogen-bond acceptors (Lipinski definition) is 6. The van der Waals surface area contributed by atoms with Crippen LogP contribution in [0.25, 0.3) is 5.69 Å². The van der Waals surface area contributed by atoms with E-state index in [0.717, 1.165) is 47.2 Å². The fourth-order valence-corrected chi connectivity index (χ4v) is 3.88. The van der Waals surface area contributed by atoms with Crippen molar-refractivity contribution in [2.24, 2.45) is 5.10 Å². The largest absolute Gasteiger partial charge is 0.434 e. The van der Waals surface area contributed by atoms with Gasteiger partial charge in [-0.25, -0.2) is 4.79 Å². The van der Waals surface area contributed by atoms with E-state index in [1.165, 1.54) is 19.1 Å². The van der Waals surface area contributed by atoms with Crippen LogP contribution < -0.4 is 21.4 Å². The van der Waals surface area contributed by atoms with E-state index in [-0.39, 0.29) is 21.5 Å². The van der Waals surface area contributed by atoms with Gasteiger partial charge in [0, 0.05) is 5.57 Å². The Labute approximate surface area is 175 Å². The van der Waals surface area contributed by atoms with Crippen LogP contribution in [-0.2, 0) is 0 Å². The highest BCUT2D eigenvalue weighted by molar-refractivity contribution is 6.37. The lowest BCUT2D eigenvalue weighted by Gasteiger charge is -2.26. The number of allylic oxidation sites excluding steroid dienone is 1. The third kappa shape index (κ3) is 3.61. The van der Waals surface area contributed by atoms with Gasteiger partial charge in [0.05, 0.1) is 21.4 Å². The van der Waals surface area contributed by atoms with Crippen LogP contribution in [0.2, 0.25) is 10.0 Å². The second kappa shape index (κ2) is 7.53. The molecule has 0 fully saturated rings. The monoisotopic (exact) mass is 433 g/mol. The maximum atomic E-state index is 12.1. The number of aromatic amines is 1. The van der Waals surface area contributed by atoms with Crippen molar-refractivity contribution >= 4 is 29.1 Å². The van der Waals surface area contributed by atoms with E-state index in [9.17, 15) is 9.59 Å². The first-order chi connectivity index (χ1) is 13.8. The van der Waals surface area contributed by atoms with Gasteiger partial charge in [0.25, 0.3) is 5.56 Å². The smallest absolute Gasteiger partial charge is 0.349 e. The van der Waals surface area contributed by atoms with Crippen molar-refractivity contribution in [2.75, 3.05) is 0 Å². The van der Waals surface area contributed by atoms with Crippen molar-refractivity contribution in [3.63, 3.8) is 0 Å². The number of hydrazone groups is 1. The molecule has 0 spiro atoms. The Hall–Kier alpha value is -2.84. The molecule has 29 heavy (non-hydrogen) atoms. The zero-order valence-corrected chi connectivity index (χ0v) is 17.0. The van der Waals surface area contributed by atoms with Crippen LogP contribution in [0.15, 0.2) is 50.2 Å². The number of aryl methyl sites for hydroxylation is 1. The molecule has 1 aromatic heterocycles. The summed E-state index contributed by atoms with van der Waals surface area (Å²) in [5, 5.41) is 8.59. The van der Waals surface area contributed by atoms with Gasteiger partial charge in [-0.05, 0) is 50.3 Å². The molecule has 0 saturated carbocycles. The van der Waals surface area contributed by atoms with E-state index < -0.39 is 11.2 Å². The molecule has 1 aliphatic carbocycles. The van der Waals surface area contributed by atoms with Crippen molar-refractivity contribution < 1.29 is 4.74 Å². The fraction of sp³-hybridized carbons (Fsp3) is 0.263. The first kappa shape index (κ1) is 19.5. The SMILES string of the molecule is C=C1NN=C(Oc2c(Cl)cc(-n3nc(C)c(=O)[nH]c3=O)cc2Cl)C2=C1CCCC2. The molecular weight excluding hydrogens is 417 g/mol. The molecule has 0 amide bonds. The second-order valence-corrected chi connectivity index (χ2v) is 7.58. The van der Waals surface area contributed by atoms with Gasteiger partial charge in [-0.1, -0.05) is 29.8 Å². The third-order valence-corrected chi connectivity index (χ3v) is 5.36. The molecule has 0 radical (unpaired) electrons. The summed E-state index contributed by atoms with van der Waals surface area (Å²) in [5.41, 5.74) is 4.94. The number of H-pyrrole nitrogens is 1. The fourth-order valence-electron chi connectivity index (χ4n) is 3.33. The third-order valence-electron chi connectivity index (χ3n) is 4.80. The van der Waals surface area contributed by atoms with E-state index in [1.807, 2.05) is 0 Å². The second-order valence-electron chi connectivity index (χ2n) is 6.77. The lowest BCUT2D eigenvalue weighted by Crippen LogP contribution is -2.32. The summed E-state index contributed by atoms with van der Waals surface area (Å²) in [4.78, 5) is 25.8. The minimum absolute atomic E-state index is 0.136. The van der Waals surface area contributed by atoms with Gasteiger partial charge in [0.1, 0.15) is 5.69 Å². The normalized spacial score (nSPS) is 16.2. The number of aromatic nitrogens is 3. The van der Waals surface area contributed by atoms with E-state index >= 15 is 0 Å². The van der Waals surface area contributed by atoms with E-state index in [2.05, 4.69) is 27.2 Å². The number of rotatable bonds is 2. The molecule has 2 N–H and O–H groups in total. The molecule has 0 atom stereocenters. The van der Waals surface area contributed by atoms with Gasteiger partial charge in [-0.3, -0.25) is 15.2 Å². The predicted molar refractivity (Wildman–Crippen MR) is 111 cm³/mol. The lowest BCUT2D eigenvalue weighted by molar-refractivity contribution is 0.523. The van der Waals surface area contributed by atoms with Crippen LogP contribution >= 0.6 is 23.2 Å². The molecule has 2 heterocycles. The van der Waals surface area contributed by atoms with Crippen LogP contribution in [0.3, 0.4) is 0 Å². The van der Waals surface area contributed by atoms with Gasteiger partial charge >= 0.3 is 5.69 Å². The number of benzene rings is 1. The van der Waals surface area contributed by atoms with Gasteiger partial charge in [0.2, 0.25) is 5.90 Å². The molecule has 0 bridgehead atoms.